The van der Waals surface area contributed by atoms with E-state index in [1.165, 1.54) is 30.0 Å². The fraction of sp³-hybridized carbons (Fsp3) is 0.294. The smallest absolute Gasteiger partial charge is 0.265 e. The van der Waals surface area contributed by atoms with Gasteiger partial charge in [-0.15, -0.1) is 0 Å². The van der Waals surface area contributed by atoms with E-state index in [2.05, 4.69) is 14.8 Å². The Balaban J connectivity index is 1.62. The van der Waals surface area contributed by atoms with Gasteiger partial charge in [-0.1, -0.05) is 11.6 Å². The zero-order valence-electron chi connectivity index (χ0n) is 15.3. The molecule has 4 rings (SSSR count). The second-order valence-corrected chi connectivity index (χ2v) is 8.71. The maximum Gasteiger partial charge on any atom is 0.265 e. The third-order valence-corrected chi connectivity index (χ3v) is 6.02. The normalized spacial score (nSPS) is 16.3. The Morgan fingerprint density at radius 3 is 2.70 bits per heavy atom. The van der Waals surface area contributed by atoms with Crippen molar-refractivity contribution in [3.05, 3.63) is 41.4 Å². The van der Waals surface area contributed by atoms with Crippen LogP contribution in [0.2, 0.25) is 5.02 Å². The van der Waals surface area contributed by atoms with Crippen molar-refractivity contribution in [3.63, 3.8) is 0 Å². The van der Waals surface area contributed by atoms with Gasteiger partial charge in [0.1, 0.15) is 16.7 Å². The van der Waals surface area contributed by atoms with Crippen LogP contribution in [0.3, 0.4) is 0 Å². The number of sulfonamides is 1. The minimum Gasteiger partial charge on any atom is -0.479 e. The van der Waals surface area contributed by atoms with Gasteiger partial charge in [-0.2, -0.15) is 10.1 Å². The molecule has 3 aromatic heterocycles. The van der Waals surface area contributed by atoms with Crippen LogP contribution in [0.4, 0.5) is 18.9 Å². The molecule has 8 nitrogen and oxygen atoms in total. The van der Waals surface area contributed by atoms with Crippen molar-refractivity contribution in [1.29, 1.82) is 0 Å². The van der Waals surface area contributed by atoms with Crippen LogP contribution >= 0.6 is 11.6 Å². The molecule has 1 fully saturated rings. The number of halogens is 4. The summed E-state index contributed by atoms with van der Waals surface area (Å²) < 4.78 is 79.5. The average Bonchev–Trinajstić information content (AvgIpc) is 3.06. The molecule has 30 heavy (non-hydrogen) atoms. The Labute approximate surface area is 173 Å². The monoisotopic (exact) mass is 462 g/mol. The Morgan fingerprint density at radius 1 is 1.30 bits per heavy atom. The molecule has 0 aliphatic heterocycles. The van der Waals surface area contributed by atoms with Gasteiger partial charge in [0.05, 0.1) is 23.8 Å². The first-order valence-corrected chi connectivity index (χ1v) is 10.4. The Hall–Kier alpha value is -2.73. The number of ether oxygens (including phenoxy) is 2. The summed E-state index contributed by atoms with van der Waals surface area (Å²) in [5, 5.41) is 4.29. The summed E-state index contributed by atoms with van der Waals surface area (Å²) in [7, 11) is -3.02. The number of methoxy groups -OCH3 is 1. The predicted molar refractivity (Wildman–Crippen MR) is 100 cm³/mol. The molecular formula is C17H14ClF3N4O4S. The fourth-order valence-electron chi connectivity index (χ4n) is 2.96. The summed E-state index contributed by atoms with van der Waals surface area (Å²) in [4.78, 5) is 3.59. The molecule has 3 heterocycles. The van der Waals surface area contributed by atoms with Gasteiger partial charge in [-0.25, -0.2) is 26.1 Å². The molecule has 0 spiro atoms. The number of hydrogen-bond donors (Lipinski definition) is 1. The lowest BCUT2D eigenvalue weighted by atomic mass is 9.91. The average molecular weight is 463 g/mol. The molecule has 0 saturated heterocycles. The third-order valence-electron chi connectivity index (χ3n) is 4.41. The number of rotatable bonds is 6. The molecule has 0 radical (unpaired) electrons. The van der Waals surface area contributed by atoms with E-state index < -0.39 is 46.6 Å². The number of aromatic nitrogens is 3. The van der Waals surface area contributed by atoms with Crippen LogP contribution in [0.15, 0.2) is 35.5 Å². The van der Waals surface area contributed by atoms with E-state index >= 15 is 0 Å². The van der Waals surface area contributed by atoms with E-state index in [0.717, 1.165) is 12.3 Å². The van der Waals surface area contributed by atoms with Crippen LogP contribution < -0.4 is 14.2 Å². The van der Waals surface area contributed by atoms with Crippen molar-refractivity contribution in [2.24, 2.45) is 0 Å². The minimum absolute atomic E-state index is 0.182. The number of anilines is 1. The lowest BCUT2D eigenvalue weighted by molar-refractivity contribution is -0.136. The predicted octanol–water partition coefficient (Wildman–Crippen LogP) is 3.51. The van der Waals surface area contributed by atoms with Crippen molar-refractivity contribution in [2.75, 3.05) is 11.8 Å². The van der Waals surface area contributed by atoms with Gasteiger partial charge in [0.25, 0.3) is 21.8 Å². The Kier molecular flexibility index (Phi) is 4.93. The largest absolute Gasteiger partial charge is 0.479 e. The second-order valence-electron chi connectivity index (χ2n) is 6.63. The molecule has 3 aromatic rings. The number of nitrogens with one attached hydrogen (secondary N) is 1. The first kappa shape index (κ1) is 20.5. The number of fused-ring (bicyclic) bond motifs is 1. The van der Waals surface area contributed by atoms with Crippen LogP contribution in [0, 0.1) is 5.82 Å². The third kappa shape index (κ3) is 3.84. The molecule has 0 atom stereocenters. The summed E-state index contributed by atoms with van der Waals surface area (Å²) in [6, 6.07) is 3.76. The molecule has 1 aliphatic carbocycles. The van der Waals surface area contributed by atoms with E-state index in [-0.39, 0.29) is 22.0 Å². The zero-order chi connectivity index (χ0) is 21.7. The number of alkyl halides is 2. The zero-order valence-corrected chi connectivity index (χ0v) is 16.8. The van der Waals surface area contributed by atoms with Crippen LogP contribution in [0.5, 0.6) is 11.8 Å². The highest BCUT2D eigenvalue weighted by Crippen LogP contribution is 2.40. The molecule has 1 aliphatic rings. The minimum atomic E-state index is -4.21. The Bertz CT molecular complexity index is 1230. The SMILES string of the molecule is COc1nc(OC2CC(F)(F)C2)c(F)cc1NS(=O)(=O)c1cnn2cc(Cl)ccc12. The van der Waals surface area contributed by atoms with E-state index in [0.29, 0.717) is 5.02 Å². The molecule has 1 N–H and O–H groups in total. The van der Waals surface area contributed by atoms with Crippen molar-refractivity contribution in [1.82, 2.24) is 14.6 Å². The molecule has 1 saturated carbocycles. The summed E-state index contributed by atoms with van der Waals surface area (Å²) in [6.45, 7) is 0. The number of pyridine rings is 2. The standard InChI is InChI=1S/C17H14ClF3N4O4S/c1-28-16-12(4-11(19)15(23-16)29-10-5-17(20,21)6-10)24-30(26,27)14-7-22-25-8-9(18)2-3-13(14)25/h2-4,7-8,10,24H,5-6H2,1H3. The summed E-state index contributed by atoms with van der Waals surface area (Å²) in [5.74, 6) is -4.73. The van der Waals surface area contributed by atoms with E-state index in [9.17, 15) is 21.6 Å². The summed E-state index contributed by atoms with van der Waals surface area (Å²) >= 11 is 5.86. The van der Waals surface area contributed by atoms with Gasteiger partial charge in [-0.3, -0.25) is 4.72 Å². The van der Waals surface area contributed by atoms with Crippen LogP contribution in [0.25, 0.3) is 5.52 Å². The van der Waals surface area contributed by atoms with E-state index in [1.54, 1.807) is 0 Å². The van der Waals surface area contributed by atoms with E-state index in [4.69, 9.17) is 21.1 Å². The Morgan fingerprint density at radius 2 is 2.03 bits per heavy atom. The van der Waals surface area contributed by atoms with Gasteiger partial charge in [0.2, 0.25) is 5.88 Å². The highest BCUT2D eigenvalue weighted by Gasteiger charge is 2.47. The van der Waals surface area contributed by atoms with Gasteiger partial charge in [0.15, 0.2) is 5.82 Å². The van der Waals surface area contributed by atoms with Gasteiger partial charge < -0.3 is 9.47 Å². The first-order chi connectivity index (χ1) is 14.1. The lowest BCUT2D eigenvalue weighted by Gasteiger charge is -2.34. The molecule has 13 heteroatoms. The number of hydrogen-bond acceptors (Lipinski definition) is 6. The van der Waals surface area contributed by atoms with Crippen molar-refractivity contribution in [3.8, 4) is 11.8 Å². The maximum atomic E-state index is 14.4. The quantitative estimate of drug-likeness (QED) is 0.602. The maximum absolute atomic E-state index is 14.4. The molecule has 0 unspecified atom stereocenters. The lowest BCUT2D eigenvalue weighted by Crippen LogP contribution is -2.43. The molecule has 0 aromatic carbocycles. The molecule has 0 bridgehead atoms. The van der Waals surface area contributed by atoms with Crippen LogP contribution in [-0.2, 0) is 10.0 Å². The highest BCUT2D eigenvalue weighted by molar-refractivity contribution is 7.93. The summed E-state index contributed by atoms with van der Waals surface area (Å²) in [6.07, 6.45) is 0.541. The topological polar surface area (TPSA) is 94.8 Å². The van der Waals surface area contributed by atoms with Crippen LogP contribution in [0.1, 0.15) is 12.8 Å². The second kappa shape index (κ2) is 7.20. The first-order valence-electron chi connectivity index (χ1n) is 8.53. The van der Waals surface area contributed by atoms with Gasteiger partial charge in [-0.05, 0) is 12.1 Å². The molecular weight excluding hydrogens is 449 g/mol. The molecule has 160 valence electrons. The fourth-order valence-corrected chi connectivity index (χ4v) is 4.28. The van der Waals surface area contributed by atoms with Crippen molar-refractivity contribution < 1.29 is 31.1 Å². The number of nitrogens with zero attached hydrogens (tertiary/aromatic N) is 3. The van der Waals surface area contributed by atoms with Crippen LogP contribution in [-0.4, -0.2) is 42.2 Å². The van der Waals surface area contributed by atoms with E-state index in [1.807, 2.05) is 0 Å². The highest BCUT2D eigenvalue weighted by atomic mass is 35.5. The molecule has 0 amide bonds. The van der Waals surface area contributed by atoms with Crippen molar-refractivity contribution in [2.45, 2.75) is 29.8 Å². The van der Waals surface area contributed by atoms with Gasteiger partial charge >= 0.3 is 0 Å². The van der Waals surface area contributed by atoms with Gasteiger partial charge in [0, 0.05) is 25.1 Å². The summed E-state index contributed by atoms with van der Waals surface area (Å²) in [5.41, 5.74) is -0.0558. The van der Waals surface area contributed by atoms with Crippen molar-refractivity contribution >= 4 is 32.8 Å².